The number of hydrogen-bond donors (Lipinski definition) is 4. The molecule has 7 heteroatoms. The zero-order valence-corrected chi connectivity index (χ0v) is 12.2. The van der Waals surface area contributed by atoms with E-state index in [-0.39, 0.29) is 31.3 Å². The maximum Gasteiger partial charge on any atom is 0.315 e. The summed E-state index contributed by atoms with van der Waals surface area (Å²) in [5.74, 6) is -1.05. The Labute approximate surface area is 119 Å². The van der Waals surface area contributed by atoms with E-state index >= 15 is 0 Å². The number of amides is 3. The Hall–Kier alpha value is -1.79. The first-order chi connectivity index (χ1) is 9.49. The molecular weight excluding hydrogens is 262 g/mol. The van der Waals surface area contributed by atoms with Crippen molar-refractivity contribution in [3.63, 3.8) is 0 Å². The van der Waals surface area contributed by atoms with Crippen LogP contribution < -0.4 is 16.0 Å². The van der Waals surface area contributed by atoms with Gasteiger partial charge in [-0.1, -0.05) is 20.3 Å². The Kier molecular flexibility index (Phi) is 10.1. The maximum absolute atomic E-state index is 11.6. The highest BCUT2D eigenvalue weighted by atomic mass is 16.4. The zero-order valence-electron chi connectivity index (χ0n) is 12.2. The molecule has 0 aliphatic rings. The van der Waals surface area contributed by atoms with Crippen LogP contribution in [0, 0.1) is 0 Å². The van der Waals surface area contributed by atoms with Crippen molar-refractivity contribution in [1.29, 1.82) is 0 Å². The van der Waals surface area contributed by atoms with Crippen molar-refractivity contribution in [1.82, 2.24) is 16.0 Å². The Morgan fingerprint density at radius 2 is 1.75 bits per heavy atom. The van der Waals surface area contributed by atoms with Gasteiger partial charge in [-0.25, -0.2) is 4.79 Å². The lowest BCUT2D eigenvalue weighted by Crippen LogP contribution is -2.44. The van der Waals surface area contributed by atoms with Gasteiger partial charge in [0.15, 0.2) is 0 Å². The first-order valence-electron chi connectivity index (χ1n) is 7.02. The lowest BCUT2D eigenvalue weighted by molar-refractivity contribution is -0.137. The standard InChI is InChI=1S/C13H25N3O4/c1-3-5-10(9-12(18)19)16-13(20)15-8-6-11(17)14-7-4-2/h10H,3-9H2,1-2H3,(H,14,17)(H,18,19)(H2,15,16,20). The van der Waals surface area contributed by atoms with E-state index in [0.29, 0.717) is 13.0 Å². The zero-order chi connectivity index (χ0) is 15.4. The molecule has 0 spiro atoms. The van der Waals surface area contributed by atoms with E-state index in [0.717, 1.165) is 12.8 Å². The summed E-state index contributed by atoms with van der Waals surface area (Å²) in [6, 6.07) is -0.820. The average molecular weight is 287 g/mol. The van der Waals surface area contributed by atoms with Crippen LogP contribution in [0.25, 0.3) is 0 Å². The Balaban J connectivity index is 3.89. The van der Waals surface area contributed by atoms with E-state index in [1.165, 1.54) is 0 Å². The molecule has 3 amide bonds. The summed E-state index contributed by atoms with van der Waals surface area (Å²) >= 11 is 0. The van der Waals surface area contributed by atoms with Crippen LogP contribution in [-0.4, -0.2) is 42.1 Å². The molecule has 0 aromatic carbocycles. The second-order valence-electron chi connectivity index (χ2n) is 4.58. The van der Waals surface area contributed by atoms with Crippen LogP contribution in [0.3, 0.4) is 0 Å². The molecule has 20 heavy (non-hydrogen) atoms. The van der Waals surface area contributed by atoms with Crippen LogP contribution >= 0.6 is 0 Å². The predicted octanol–water partition coefficient (Wildman–Crippen LogP) is 0.845. The van der Waals surface area contributed by atoms with E-state index in [2.05, 4.69) is 16.0 Å². The fourth-order valence-electron chi connectivity index (χ4n) is 1.66. The maximum atomic E-state index is 11.6. The third-order valence-electron chi connectivity index (χ3n) is 2.60. The van der Waals surface area contributed by atoms with Gasteiger partial charge < -0.3 is 21.1 Å². The molecule has 0 heterocycles. The molecule has 0 saturated carbocycles. The highest BCUT2D eigenvalue weighted by molar-refractivity contribution is 5.78. The van der Waals surface area contributed by atoms with Crippen molar-refractivity contribution >= 4 is 17.9 Å². The number of carbonyl (C=O) groups excluding carboxylic acids is 2. The Bertz CT molecular complexity index is 321. The monoisotopic (exact) mass is 287 g/mol. The van der Waals surface area contributed by atoms with E-state index in [1.807, 2.05) is 13.8 Å². The fraction of sp³-hybridized carbons (Fsp3) is 0.769. The highest BCUT2D eigenvalue weighted by Crippen LogP contribution is 2.01. The van der Waals surface area contributed by atoms with E-state index in [1.54, 1.807) is 0 Å². The number of carboxylic acid groups (broad SMARTS) is 1. The molecule has 4 N–H and O–H groups in total. The summed E-state index contributed by atoms with van der Waals surface area (Å²) in [7, 11) is 0. The minimum Gasteiger partial charge on any atom is -0.481 e. The van der Waals surface area contributed by atoms with Crippen LogP contribution in [0.4, 0.5) is 4.79 Å². The first-order valence-corrected chi connectivity index (χ1v) is 7.02. The van der Waals surface area contributed by atoms with Gasteiger partial charge in [-0.2, -0.15) is 0 Å². The molecule has 0 aliphatic heterocycles. The quantitative estimate of drug-likeness (QED) is 0.477. The SMILES string of the molecule is CCCNC(=O)CCNC(=O)NC(CCC)CC(=O)O. The van der Waals surface area contributed by atoms with Gasteiger partial charge in [0.05, 0.1) is 6.42 Å². The number of hydrogen-bond acceptors (Lipinski definition) is 3. The summed E-state index contributed by atoms with van der Waals surface area (Å²) in [6.07, 6.45) is 2.38. The van der Waals surface area contributed by atoms with Crippen LogP contribution in [0.15, 0.2) is 0 Å². The largest absolute Gasteiger partial charge is 0.481 e. The molecule has 0 aromatic rings. The van der Waals surface area contributed by atoms with Crippen LogP contribution in [0.1, 0.15) is 46.0 Å². The fourth-order valence-corrected chi connectivity index (χ4v) is 1.66. The normalized spacial score (nSPS) is 11.5. The summed E-state index contributed by atoms with van der Waals surface area (Å²) in [4.78, 5) is 33.5. The smallest absolute Gasteiger partial charge is 0.315 e. The summed E-state index contributed by atoms with van der Waals surface area (Å²) in [5, 5.41) is 16.6. The van der Waals surface area contributed by atoms with Crippen LogP contribution in [0.5, 0.6) is 0 Å². The number of aliphatic carboxylic acids is 1. The van der Waals surface area contributed by atoms with E-state index in [9.17, 15) is 14.4 Å². The molecule has 0 fully saturated rings. The molecule has 1 unspecified atom stereocenters. The Morgan fingerprint density at radius 3 is 2.30 bits per heavy atom. The molecule has 7 nitrogen and oxygen atoms in total. The van der Waals surface area contributed by atoms with Crippen molar-refractivity contribution in [3.8, 4) is 0 Å². The minimum atomic E-state index is -0.942. The van der Waals surface area contributed by atoms with Crippen molar-refractivity contribution in [3.05, 3.63) is 0 Å². The summed E-state index contributed by atoms with van der Waals surface area (Å²) in [5.41, 5.74) is 0. The van der Waals surface area contributed by atoms with Gasteiger partial charge in [-0.15, -0.1) is 0 Å². The first kappa shape index (κ1) is 18.2. The van der Waals surface area contributed by atoms with Crippen molar-refractivity contribution in [2.24, 2.45) is 0 Å². The van der Waals surface area contributed by atoms with Gasteiger partial charge in [0.25, 0.3) is 0 Å². The molecule has 116 valence electrons. The third kappa shape index (κ3) is 10.2. The lowest BCUT2D eigenvalue weighted by Gasteiger charge is -2.16. The topological polar surface area (TPSA) is 108 Å². The third-order valence-corrected chi connectivity index (χ3v) is 2.60. The van der Waals surface area contributed by atoms with E-state index in [4.69, 9.17) is 5.11 Å². The van der Waals surface area contributed by atoms with E-state index < -0.39 is 12.0 Å². The average Bonchev–Trinajstić information content (AvgIpc) is 2.35. The number of nitrogens with one attached hydrogen (secondary N) is 3. The van der Waals surface area contributed by atoms with Crippen molar-refractivity contribution in [2.75, 3.05) is 13.1 Å². The number of carbonyl (C=O) groups is 3. The van der Waals surface area contributed by atoms with Crippen LogP contribution in [-0.2, 0) is 9.59 Å². The molecule has 0 aromatic heterocycles. The van der Waals surface area contributed by atoms with Gasteiger partial charge >= 0.3 is 12.0 Å². The van der Waals surface area contributed by atoms with Crippen molar-refractivity contribution < 1.29 is 19.5 Å². The second kappa shape index (κ2) is 11.1. The molecule has 0 bridgehead atoms. The van der Waals surface area contributed by atoms with Crippen molar-refractivity contribution in [2.45, 2.75) is 52.0 Å². The van der Waals surface area contributed by atoms with Gasteiger partial charge in [-0.05, 0) is 12.8 Å². The second-order valence-corrected chi connectivity index (χ2v) is 4.58. The molecule has 0 radical (unpaired) electrons. The number of urea groups is 1. The van der Waals surface area contributed by atoms with Gasteiger partial charge in [-0.3, -0.25) is 9.59 Å². The number of carboxylic acids is 1. The van der Waals surface area contributed by atoms with Gasteiger partial charge in [0, 0.05) is 25.6 Å². The van der Waals surface area contributed by atoms with Gasteiger partial charge in [0.2, 0.25) is 5.91 Å². The lowest BCUT2D eigenvalue weighted by atomic mass is 10.1. The van der Waals surface area contributed by atoms with Gasteiger partial charge in [0.1, 0.15) is 0 Å². The molecule has 1 atom stereocenters. The number of rotatable bonds is 10. The predicted molar refractivity (Wildman–Crippen MR) is 75.4 cm³/mol. The van der Waals surface area contributed by atoms with Crippen LogP contribution in [0.2, 0.25) is 0 Å². The highest BCUT2D eigenvalue weighted by Gasteiger charge is 2.14. The Morgan fingerprint density at radius 1 is 1.05 bits per heavy atom. The molecule has 0 aliphatic carbocycles. The summed E-state index contributed by atoms with van der Waals surface area (Å²) < 4.78 is 0. The molecular formula is C13H25N3O4. The molecule has 0 saturated heterocycles. The minimum absolute atomic E-state index is 0.0990. The molecule has 0 rings (SSSR count). The summed E-state index contributed by atoms with van der Waals surface area (Å²) in [6.45, 7) is 4.74.